The molecule has 0 saturated carbocycles. The number of piperazine rings is 1. The summed E-state index contributed by atoms with van der Waals surface area (Å²) < 4.78 is 6.18. The molecule has 2 N–H and O–H groups in total. The number of aromatic amines is 2. The minimum absolute atomic E-state index is 0.0663. The van der Waals surface area contributed by atoms with Crippen molar-refractivity contribution in [3.63, 3.8) is 0 Å². The number of carbonyl (C=O) groups excluding carboxylic acids is 1. The van der Waals surface area contributed by atoms with Crippen molar-refractivity contribution in [2.45, 2.75) is 26.1 Å². The van der Waals surface area contributed by atoms with Gasteiger partial charge < -0.3 is 24.4 Å². The average molecular weight is 541 g/mol. The molecule has 1 fully saturated rings. The fourth-order valence-corrected chi connectivity index (χ4v) is 5.57. The number of H-pyrrole nitrogens is 2. The van der Waals surface area contributed by atoms with Crippen LogP contribution in [0.4, 0.5) is 4.79 Å². The monoisotopic (exact) mass is 540 g/mol. The number of benzene rings is 1. The van der Waals surface area contributed by atoms with Crippen molar-refractivity contribution < 1.29 is 9.53 Å². The number of urea groups is 1. The standard InChI is InChI=1S/C25H26Cl2N8O2/c1-14(22-17(26)10-28-11-18(22)27)37-15-3-4-19-16(9-15)23(32-31-19)24-29-20-12-35(13-21(20)30-24)25(36)34-7-5-33(2)6-8-34/h3-4,9-11,14H,5-8,12-13H2,1-2H3,(H,29,30)(H,31,32). The van der Waals surface area contributed by atoms with Crippen LogP contribution in [-0.2, 0) is 13.1 Å². The molecular weight excluding hydrogens is 515 g/mol. The molecule has 5 heterocycles. The number of fused-ring (bicyclic) bond motifs is 2. The predicted molar refractivity (Wildman–Crippen MR) is 141 cm³/mol. The minimum Gasteiger partial charge on any atom is -0.486 e. The van der Waals surface area contributed by atoms with Crippen LogP contribution < -0.4 is 4.74 Å². The fraction of sp³-hybridized carbons (Fsp3) is 0.360. The molecular formula is C25H26Cl2N8O2. The number of amides is 2. The Balaban J connectivity index is 1.20. The molecule has 37 heavy (non-hydrogen) atoms. The molecule has 0 aliphatic carbocycles. The summed E-state index contributed by atoms with van der Waals surface area (Å²) in [6.07, 6.45) is 2.72. The normalized spacial score (nSPS) is 16.9. The van der Waals surface area contributed by atoms with E-state index >= 15 is 0 Å². The second-order valence-electron chi connectivity index (χ2n) is 9.50. The van der Waals surface area contributed by atoms with Crippen LogP contribution >= 0.6 is 23.2 Å². The van der Waals surface area contributed by atoms with E-state index in [0.717, 1.165) is 48.5 Å². The SMILES string of the molecule is CC(Oc1ccc2[nH]nc(-c3nc4c([nH]3)CN(C(=O)N3CCN(C)CC3)C4)c2c1)c1c(Cl)cncc1Cl. The number of ether oxygens (including phenoxy) is 1. The molecule has 1 atom stereocenters. The molecule has 3 aromatic heterocycles. The van der Waals surface area contributed by atoms with Gasteiger partial charge in [0.2, 0.25) is 0 Å². The van der Waals surface area contributed by atoms with E-state index < -0.39 is 0 Å². The van der Waals surface area contributed by atoms with E-state index in [9.17, 15) is 4.79 Å². The number of hydrogen-bond donors (Lipinski definition) is 2. The maximum Gasteiger partial charge on any atom is 0.320 e. The topological polar surface area (TPSA) is 106 Å². The lowest BCUT2D eigenvalue weighted by Gasteiger charge is -2.34. The summed E-state index contributed by atoms with van der Waals surface area (Å²) in [5.74, 6) is 1.31. The largest absolute Gasteiger partial charge is 0.486 e. The fourth-order valence-electron chi connectivity index (χ4n) is 4.90. The van der Waals surface area contributed by atoms with E-state index in [-0.39, 0.29) is 12.1 Å². The van der Waals surface area contributed by atoms with Gasteiger partial charge in [0.15, 0.2) is 5.82 Å². The van der Waals surface area contributed by atoms with E-state index in [0.29, 0.717) is 46.0 Å². The van der Waals surface area contributed by atoms with Crippen molar-refractivity contribution >= 4 is 40.1 Å². The summed E-state index contributed by atoms with van der Waals surface area (Å²) in [5.41, 5.74) is 4.05. The van der Waals surface area contributed by atoms with Crippen molar-refractivity contribution in [3.05, 3.63) is 57.6 Å². The molecule has 192 valence electrons. The summed E-state index contributed by atoms with van der Waals surface area (Å²) in [5, 5.41) is 9.34. The van der Waals surface area contributed by atoms with Crippen LogP contribution in [0.5, 0.6) is 5.75 Å². The Morgan fingerprint density at radius 2 is 1.84 bits per heavy atom. The molecule has 1 unspecified atom stereocenters. The van der Waals surface area contributed by atoms with E-state index in [2.05, 4.69) is 32.1 Å². The van der Waals surface area contributed by atoms with E-state index in [1.807, 2.05) is 34.9 Å². The summed E-state index contributed by atoms with van der Waals surface area (Å²) in [4.78, 5) is 31.2. The zero-order valence-corrected chi connectivity index (χ0v) is 22.0. The second kappa shape index (κ2) is 9.51. The summed E-state index contributed by atoms with van der Waals surface area (Å²) in [6, 6.07) is 5.77. The maximum absolute atomic E-state index is 13.0. The van der Waals surface area contributed by atoms with Gasteiger partial charge in [0, 0.05) is 49.5 Å². The van der Waals surface area contributed by atoms with Crippen LogP contribution in [0.15, 0.2) is 30.6 Å². The van der Waals surface area contributed by atoms with Gasteiger partial charge in [-0.15, -0.1) is 0 Å². The van der Waals surface area contributed by atoms with Crippen LogP contribution in [0, 0.1) is 0 Å². The van der Waals surface area contributed by atoms with Crippen LogP contribution in [0.25, 0.3) is 22.4 Å². The molecule has 12 heteroatoms. The molecule has 2 aliphatic heterocycles. The molecule has 0 radical (unpaired) electrons. The lowest BCUT2D eigenvalue weighted by molar-refractivity contribution is 0.121. The van der Waals surface area contributed by atoms with Gasteiger partial charge in [-0.05, 0) is 32.2 Å². The van der Waals surface area contributed by atoms with Crippen LogP contribution in [0.1, 0.15) is 30.0 Å². The Morgan fingerprint density at radius 3 is 2.57 bits per heavy atom. The number of aromatic nitrogens is 5. The third kappa shape index (κ3) is 4.49. The first-order valence-corrected chi connectivity index (χ1v) is 12.9. The first-order valence-electron chi connectivity index (χ1n) is 12.1. The Labute approximate surface area is 223 Å². The highest BCUT2D eigenvalue weighted by molar-refractivity contribution is 6.35. The number of rotatable bonds is 4. The quantitative estimate of drug-likeness (QED) is 0.395. The smallest absolute Gasteiger partial charge is 0.320 e. The highest BCUT2D eigenvalue weighted by atomic mass is 35.5. The molecule has 4 aromatic rings. The minimum atomic E-state index is -0.382. The van der Waals surface area contributed by atoms with Crippen LogP contribution in [0.3, 0.4) is 0 Å². The third-order valence-corrected chi connectivity index (χ3v) is 7.57. The highest BCUT2D eigenvalue weighted by Crippen LogP contribution is 2.35. The van der Waals surface area contributed by atoms with Gasteiger partial charge >= 0.3 is 6.03 Å². The Morgan fingerprint density at radius 1 is 1.08 bits per heavy atom. The van der Waals surface area contributed by atoms with E-state index in [4.69, 9.17) is 32.9 Å². The van der Waals surface area contributed by atoms with Crippen molar-refractivity contribution in [2.24, 2.45) is 0 Å². The van der Waals surface area contributed by atoms with Gasteiger partial charge in [0.25, 0.3) is 0 Å². The van der Waals surface area contributed by atoms with Gasteiger partial charge in [-0.25, -0.2) is 9.78 Å². The Bertz CT molecular complexity index is 1430. The van der Waals surface area contributed by atoms with Gasteiger partial charge in [-0.3, -0.25) is 10.1 Å². The number of halogens is 2. The number of pyridine rings is 1. The van der Waals surface area contributed by atoms with Crippen LogP contribution in [-0.4, -0.2) is 79.1 Å². The highest BCUT2D eigenvalue weighted by Gasteiger charge is 2.31. The molecule has 2 aliphatic rings. The van der Waals surface area contributed by atoms with Crippen molar-refractivity contribution in [1.29, 1.82) is 0 Å². The first kappa shape index (κ1) is 24.0. The number of nitrogens with one attached hydrogen (secondary N) is 2. The average Bonchev–Trinajstić information content (AvgIpc) is 3.57. The molecule has 1 saturated heterocycles. The van der Waals surface area contributed by atoms with E-state index in [1.54, 1.807) is 12.4 Å². The first-order chi connectivity index (χ1) is 17.9. The Kier molecular flexibility index (Phi) is 6.18. The third-order valence-electron chi connectivity index (χ3n) is 6.97. The van der Waals surface area contributed by atoms with Gasteiger partial charge in [0.1, 0.15) is 17.5 Å². The Hall–Kier alpha value is -3.34. The predicted octanol–water partition coefficient (Wildman–Crippen LogP) is 4.48. The van der Waals surface area contributed by atoms with Gasteiger partial charge in [-0.2, -0.15) is 5.10 Å². The maximum atomic E-state index is 13.0. The zero-order chi connectivity index (χ0) is 25.7. The molecule has 0 bridgehead atoms. The van der Waals surface area contributed by atoms with Crippen LogP contribution in [0.2, 0.25) is 10.0 Å². The summed E-state index contributed by atoms with van der Waals surface area (Å²) in [6.45, 7) is 6.17. The second-order valence-corrected chi connectivity index (χ2v) is 10.3. The number of likely N-dealkylation sites (N-methyl/N-ethyl adjacent to an activating group) is 1. The van der Waals surface area contributed by atoms with Crippen molar-refractivity contribution in [1.82, 2.24) is 39.8 Å². The molecule has 10 nitrogen and oxygen atoms in total. The zero-order valence-electron chi connectivity index (χ0n) is 20.5. The van der Waals surface area contributed by atoms with Crippen molar-refractivity contribution in [3.8, 4) is 17.3 Å². The number of nitrogens with zero attached hydrogens (tertiary/aromatic N) is 6. The molecule has 6 rings (SSSR count). The lowest BCUT2D eigenvalue weighted by atomic mass is 10.1. The molecule has 0 spiro atoms. The van der Waals surface area contributed by atoms with E-state index in [1.165, 1.54) is 0 Å². The lowest BCUT2D eigenvalue weighted by Crippen LogP contribution is -2.50. The molecule has 2 amide bonds. The van der Waals surface area contributed by atoms with Gasteiger partial charge in [-0.1, -0.05) is 23.2 Å². The number of imidazole rings is 1. The van der Waals surface area contributed by atoms with Gasteiger partial charge in [0.05, 0.1) is 40.0 Å². The molecule has 1 aromatic carbocycles. The summed E-state index contributed by atoms with van der Waals surface area (Å²) in [7, 11) is 2.08. The van der Waals surface area contributed by atoms with Crippen molar-refractivity contribution in [2.75, 3.05) is 33.2 Å². The summed E-state index contributed by atoms with van der Waals surface area (Å²) >= 11 is 12.6. The number of carbonyl (C=O) groups is 1. The number of hydrogen-bond acceptors (Lipinski definition) is 6.